The van der Waals surface area contributed by atoms with Crippen molar-refractivity contribution in [3.05, 3.63) is 52.4 Å². The van der Waals surface area contributed by atoms with Gasteiger partial charge < -0.3 is 19.9 Å². The van der Waals surface area contributed by atoms with E-state index in [1.807, 2.05) is 0 Å². The van der Waals surface area contributed by atoms with Crippen LogP contribution in [0, 0.1) is 17.5 Å². The third-order valence-corrected chi connectivity index (χ3v) is 5.00. The summed E-state index contributed by atoms with van der Waals surface area (Å²) in [5, 5.41) is 0. The molecule has 0 saturated carbocycles. The largest absolute Gasteiger partial charge is 0.464 e. The molecule has 1 aliphatic heterocycles. The number of nitrogens with zero attached hydrogens (tertiary/aromatic N) is 3. The standard InChI is InChI=1S/C19H18F6N4O3/c1-32-17(31)16-14-8-28(2-3-29(14)18(27-16)19(23,24)25)15(30)6-10(26)4-9-5-12(21)13(22)7-11(9)20/h5,7,10H,2-4,6,8,26H2,1H3/t10-/m1/s1. The van der Waals surface area contributed by atoms with Crippen LogP contribution >= 0.6 is 0 Å². The first kappa shape index (κ1) is 23.6. The molecule has 1 atom stereocenters. The fourth-order valence-electron chi connectivity index (χ4n) is 3.49. The molecule has 1 aromatic heterocycles. The highest BCUT2D eigenvalue weighted by Crippen LogP contribution is 2.32. The van der Waals surface area contributed by atoms with E-state index in [0.29, 0.717) is 12.1 Å². The van der Waals surface area contributed by atoms with Gasteiger partial charge in [0.15, 0.2) is 17.3 Å². The van der Waals surface area contributed by atoms with Crippen LogP contribution in [0.15, 0.2) is 12.1 Å². The fourth-order valence-corrected chi connectivity index (χ4v) is 3.49. The summed E-state index contributed by atoms with van der Waals surface area (Å²) in [4.78, 5) is 29.1. The summed E-state index contributed by atoms with van der Waals surface area (Å²) in [6.45, 7) is -0.732. The lowest BCUT2D eigenvalue weighted by atomic mass is 10.0. The Labute approximate surface area is 177 Å². The molecule has 7 nitrogen and oxygen atoms in total. The predicted octanol–water partition coefficient (Wildman–Crippen LogP) is 2.41. The summed E-state index contributed by atoms with van der Waals surface area (Å²) in [6, 6.07) is 0.0485. The summed E-state index contributed by atoms with van der Waals surface area (Å²) in [5.41, 5.74) is 4.95. The van der Waals surface area contributed by atoms with Crippen molar-refractivity contribution >= 4 is 11.9 Å². The van der Waals surface area contributed by atoms with Gasteiger partial charge in [-0.15, -0.1) is 0 Å². The van der Waals surface area contributed by atoms with Gasteiger partial charge in [0.2, 0.25) is 11.7 Å². The third kappa shape index (κ3) is 4.71. The molecular weight excluding hydrogens is 446 g/mol. The molecule has 0 bridgehead atoms. The van der Waals surface area contributed by atoms with E-state index in [9.17, 15) is 35.9 Å². The number of aromatic nitrogens is 2. The minimum absolute atomic E-state index is 0.113. The molecule has 174 valence electrons. The maximum Gasteiger partial charge on any atom is 0.449 e. The predicted molar refractivity (Wildman–Crippen MR) is 96.6 cm³/mol. The number of amides is 1. The number of ether oxygens (including phenoxy) is 1. The molecule has 0 fully saturated rings. The van der Waals surface area contributed by atoms with Gasteiger partial charge in [0.1, 0.15) is 5.82 Å². The highest BCUT2D eigenvalue weighted by Gasteiger charge is 2.42. The maximum absolute atomic E-state index is 13.8. The van der Waals surface area contributed by atoms with E-state index < -0.39 is 53.1 Å². The van der Waals surface area contributed by atoms with Gasteiger partial charge in [-0.25, -0.2) is 22.9 Å². The van der Waals surface area contributed by atoms with Gasteiger partial charge in [0.05, 0.1) is 19.3 Å². The Morgan fingerprint density at radius 3 is 2.44 bits per heavy atom. The number of carbonyl (C=O) groups is 2. The Kier molecular flexibility index (Phi) is 6.49. The van der Waals surface area contributed by atoms with Crippen molar-refractivity contribution in [2.45, 2.75) is 38.1 Å². The van der Waals surface area contributed by atoms with E-state index in [1.165, 1.54) is 4.90 Å². The van der Waals surface area contributed by atoms with Crippen molar-refractivity contribution in [3.63, 3.8) is 0 Å². The minimum Gasteiger partial charge on any atom is -0.464 e. The van der Waals surface area contributed by atoms with Gasteiger partial charge in [-0.2, -0.15) is 13.2 Å². The number of hydrogen-bond acceptors (Lipinski definition) is 5. The van der Waals surface area contributed by atoms with Crippen LogP contribution in [0.3, 0.4) is 0 Å². The van der Waals surface area contributed by atoms with Crippen molar-refractivity contribution in [2.75, 3.05) is 13.7 Å². The molecule has 1 amide bonds. The van der Waals surface area contributed by atoms with Gasteiger partial charge in [-0.3, -0.25) is 4.79 Å². The number of hydrogen-bond donors (Lipinski definition) is 1. The van der Waals surface area contributed by atoms with Gasteiger partial charge in [0.25, 0.3) is 0 Å². The van der Waals surface area contributed by atoms with Crippen LogP contribution in [0.4, 0.5) is 26.3 Å². The molecule has 2 heterocycles. The number of nitrogens with two attached hydrogens (primary N) is 1. The van der Waals surface area contributed by atoms with E-state index in [0.717, 1.165) is 11.7 Å². The Morgan fingerprint density at radius 2 is 1.81 bits per heavy atom. The van der Waals surface area contributed by atoms with E-state index in [1.54, 1.807) is 0 Å². The first-order chi connectivity index (χ1) is 14.9. The van der Waals surface area contributed by atoms with Crippen molar-refractivity contribution in [3.8, 4) is 0 Å². The fraction of sp³-hybridized carbons (Fsp3) is 0.421. The number of imidazole rings is 1. The SMILES string of the molecule is COC(=O)c1nc(C(F)(F)F)n2c1CN(C(=O)C[C@H](N)Cc1cc(F)c(F)cc1F)CC2. The second-order valence-corrected chi connectivity index (χ2v) is 7.21. The maximum atomic E-state index is 13.8. The lowest BCUT2D eigenvalue weighted by molar-refractivity contribution is -0.148. The number of alkyl halides is 3. The van der Waals surface area contributed by atoms with Gasteiger partial charge >= 0.3 is 12.1 Å². The Bertz CT molecular complexity index is 1050. The van der Waals surface area contributed by atoms with Crippen LogP contribution in [-0.2, 0) is 35.2 Å². The van der Waals surface area contributed by atoms with Gasteiger partial charge in [-0.1, -0.05) is 0 Å². The summed E-state index contributed by atoms with van der Waals surface area (Å²) in [6.07, 6.45) is -5.43. The zero-order chi connectivity index (χ0) is 23.8. The van der Waals surface area contributed by atoms with Crippen LogP contribution in [0.5, 0.6) is 0 Å². The van der Waals surface area contributed by atoms with E-state index in [-0.39, 0.29) is 43.7 Å². The van der Waals surface area contributed by atoms with Crippen LogP contribution < -0.4 is 5.73 Å². The second kappa shape index (κ2) is 8.81. The molecule has 0 spiro atoms. The molecule has 2 aromatic rings. The molecular formula is C19H18F6N4O3. The molecule has 1 aliphatic rings. The van der Waals surface area contributed by atoms with Crippen molar-refractivity contribution in [1.82, 2.24) is 14.5 Å². The molecule has 0 unspecified atom stereocenters. The number of fused-ring (bicyclic) bond motifs is 1. The number of carbonyl (C=O) groups excluding carboxylic acids is 2. The number of methoxy groups -OCH3 is 1. The average Bonchev–Trinajstić information content (AvgIpc) is 3.10. The van der Waals surface area contributed by atoms with Gasteiger partial charge in [-0.05, 0) is 18.1 Å². The zero-order valence-electron chi connectivity index (χ0n) is 16.7. The molecule has 3 rings (SSSR count). The number of halogens is 6. The molecule has 1 aromatic carbocycles. The Hall–Kier alpha value is -3.09. The molecule has 13 heteroatoms. The van der Waals surface area contributed by atoms with E-state index in [2.05, 4.69) is 9.72 Å². The lowest BCUT2D eigenvalue weighted by Crippen LogP contribution is -2.42. The Balaban J connectivity index is 1.75. The molecule has 0 radical (unpaired) electrons. The van der Waals surface area contributed by atoms with Crippen LogP contribution in [-0.4, -0.2) is 46.0 Å². The van der Waals surface area contributed by atoms with Crippen LogP contribution in [0.1, 0.15) is 34.0 Å². The first-order valence-corrected chi connectivity index (χ1v) is 9.34. The lowest BCUT2D eigenvalue weighted by Gasteiger charge is -2.30. The summed E-state index contributed by atoms with van der Waals surface area (Å²) >= 11 is 0. The quantitative estimate of drug-likeness (QED) is 0.417. The molecule has 0 aliphatic carbocycles. The number of rotatable bonds is 5. The van der Waals surface area contributed by atoms with Crippen molar-refractivity contribution in [1.29, 1.82) is 0 Å². The highest BCUT2D eigenvalue weighted by atomic mass is 19.4. The van der Waals surface area contributed by atoms with Crippen molar-refractivity contribution < 1.29 is 40.7 Å². The van der Waals surface area contributed by atoms with Crippen LogP contribution in [0.25, 0.3) is 0 Å². The van der Waals surface area contributed by atoms with E-state index in [4.69, 9.17) is 5.73 Å². The second-order valence-electron chi connectivity index (χ2n) is 7.21. The number of benzene rings is 1. The average molecular weight is 464 g/mol. The summed E-state index contributed by atoms with van der Waals surface area (Å²) < 4.78 is 85.3. The van der Waals surface area contributed by atoms with Crippen molar-refractivity contribution in [2.24, 2.45) is 5.73 Å². The molecule has 0 saturated heterocycles. The highest BCUT2D eigenvalue weighted by molar-refractivity contribution is 5.89. The minimum atomic E-state index is -4.82. The topological polar surface area (TPSA) is 90.5 Å². The normalized spacial score (nSPS) is 14.8. The smallest absolute Gasteiger partial charge is 0.449 e. The third-order valence-electron chi connectivity index (χ3n) is 5.00. The number of esters is 1. The summed E-state index contributed by atoms with van der Waals surface area (Å²) in [5.74, 6) is -6.57. The van der Waals surface area contributed by atoms with E-state index >= 15 is 0 Å². The monoisotopic (exact) mass is 464 g/mol. The molecule has 32 heavy (non-hydrogen) atoms. The van der Waals surface area contributed by atoms with Gasteiger partial charge in [0, 0.05) is 31.6 Å². The zero-order valence-corrected chi connectivity index (χ0v) is 16.7. The first-order valence-electron chi connectivity index (χ1n) is 9.34. The molecule has 2 N–H and O–H groups in total. The summed E-state index contributed by atoms with van der Waals surface area (Å²) in [7, 11) is 0.990. The Morgan fingerprint density at radius 1 is 1.16 bits per heavy atom. The van der Waals surface area contributed by atoms with Crippen LogP contribution in [0.2, 0.25) is 0 Å².